The number of anilines is 1. The van der Waals surface area contributed by atoms with Crippen LogP contribution in [0.15, 0.2) is 48.5 Å². The molecule has 1 aliphatic rings. The topological polar surface area (TPSA) is 35.6 Å². The molecule has 3 rings (SSSR count). The molecule has 0 radical (unpaired) electrons. The van der Waals surface area contributed by atoms with E-state index in [0.717, 1.165) is 32.6 Å². The number of aryl methyl sites for hydroxylation is 1. The maximum atomic E-state index is 12.5. The van der Waals surface area contributed by atoms with Crippen molar-refractivity contribution in [2.24, 2.45) is 0 Å². The number of hydrogen-bond acceptors (Lipinski definition) is 2. The number of benzene rings is 2. The van der Waals surface area contributed by atoms with Crippen LogP contribution in [0.4, 0.5) is 10.5 Å². The van der Waals surface area contributed by atoms with Gasteiger partial charge in [0.25, 0.3) is 0 Å². The Morgan fingerprint density at radius 3 is 2.37 bits per heavy atom. The van der Waals surface area contributed by atoms with E-state index in [1.807, 2.05) is 23.1 Å². The Labute approximate surface area is 163 Å². The van der Waals surface area contributed by atoms with Gasteiger partial charge in [-0.1, -0.05) is 62.4 Å². The second-order valence-corrected chi connectivity index (χ2v) is 7.61. The van der Waals surface area contributed by atoms with E-state index in [9.17, 15) is 4.79 Å². The fourth-order valence-electron chi connectivity index (χ4n) is 3.78. The molecule has 1 aliphatic heterocycles. The van der Waals surface area contributed by atoms with E-state index in [4.69, 9.17) is 0 Å². The SMILES string of the molecule is Cc1cccc(C(C)C)c1N1CCN(C(=O)NCCc2ccccc2)CC1. The minimum atomic E-state index is 0.0550. The standard InChI is InChI=1S/C23H31N3O/c1-18(2)21-11-7-8-19(3)22(21)25-14-16-26(17-15-25)23(27)24-13-12-20-9-5-4-6-10-20/h4-11,18H,12-17H2,1-3H3,(H,24,27). The van der Waals surface area contributed by atoms with Gasteiger partial charge in [0, 0.05) is 38.4 Å². The third-order valence-corrected chi connectivity index (χ3v) is 5.31. The number of rotatable bonds is 5. The van der Waals surface area contributed by atoms with Crippen LogP contribution in [0.1, 0.15) is 36.5 Å². The van der Waals surface area contributed by atoms with Gasteiger partial charge in [-0.3, -0.25) is 0 Å². The van der Waals surface area contributed by atoms with Gasteiger partial charge in [0.05, 0.1) is 0 Å². The van der Waals surface area contributed by atoms with Crippen LogP contribution >= 0.6 is 0 Å². The molecule has 0 atom stereocenters. The van der Waals surface area contributed by atoms with Crippen molar-refractivity contribution in [3.63, 3.8) is 0 Å². The number of carbonyl (C=O) groups is 1. The molecule has 2 aromatic carbocycles. The lowest BCUT2D eigenvalue weighted by atomic mass is 9.97. The van der Waals surface area contributed by atoms with Crippen LogP contribution < -0.4 is 10.2 Å². The molecule has 2 aromatic rings. The first-order valence-corrected chi connectivity index (χ1v) is 9.97. The van der Waals surface area contributed by atoms with Gasteiger partial charge in [-0.15, -0.1) is 0 Å². The first kappa shape index (κ1) is 19.3. The number of carbonyl (C=O) groups excluding carboxylic acids is 1. The molecular weight excluding hydrogens is 334 g/mol. The summed E-state index contributed by atoms with van der Waals surface area (Å²) in [6.07, 6.45) is 0.869. The van der Waals surface area contributed by atoms with Crippen molar-refractivity contribution in [1.29, 1.82) is 0 Å². The number of urea groups is 1. The van der Waals surface area contributed by atoms with Crippen LogP contribution in [-0.2, 0) is 6.42 Å². The van der Waals surface area contributed by atoms with Crippen molar-refractivity contribution in [3.05, 3.63) is 65.2 Å². The summed E-state index contributed by atoms with van der Waals surface area (Å²) in [6, 6.07) is 16.9. The maximum Gasteiger partial charge on any atom is 0.317 e. The van der Waals surface area contributed by atoms with E-state index in [1.165, 1.54) is 22.4 Å². The maximum absolute atomic E-state index is 12.5. The first-order valence-electron chi connectivity index (χ1n) is 9.97. The molecule has 0 aromatic heterocycles. The molecule has 0 spiro atoms. The zero-order valence-electron chi connectivity index (χ0n) is 16.7. The monoisotopic (exact) mass is 365 g/mol. The highest BCUT2D eigenvalue weighted by Crippen LogP contribution is 2.31. The first-order chi connectivity index (χ1) is 13.1. The van der Waals surface area contributed by atoms with Gasteiger partial charge in [-0.25, -0.2) is 4.79 Å². The molecule has 0 aliphatic carbocycles. The van der Waals surface area contributed by atoms with Crippen molar-refractivity contribution < 1.29 is 4.79 Å². The third kappa shape index (κ3) is 4.82. The molecule has 4 heteroatoms. The summed E-state index contributed by atoms with van der Waals surface area (Å²) in [5, 5.41) is 3.06. The second kappa shape index (κ2) is 8.94. The molecule has 27 heavy (non-hydrogen) atoms. The summed E-state index contributed by atoms with van der Waals surface area (Å²) >= 11 is 0. The Bertz CT molecular complexity index is 749. The summed E-state index contributed by atoms with van der Waals surface area (Å²) in [7, 11) is 0. The molecule has 1 N–H and O–H groups in total. The van der Waals surface area contributed by atoms with Gasteiger partial charge in [-0.2, -0.15) is 0 Å². The van der Waals surface area contributed by atoms with Crippen molar-refractivity contribution >= 4 is 11.7 Å². The number of para-hydroxylation sites is 1. The average Bonchev–Trinajstić information content (AvgIpc) is 2.68. The predicted octanol–water partition coefficient (Wildman–Crippen LogP) is 4.19. The minimum absolute atomic E-state index is 0.0550. The van der Waals surface area contributed by atoms with Gasteiger partial charge in [0.2, 0.25) is 0 Å². The van der Waals surface area contributed by atoms with E-state index >= 15 is 0 Å². The van der Waals surface area contributed by atoms with Crippen molar-refractivity contribution in [2.75, 3.05) is 37.6 Å². The molecule has 1 heterocycles. The fraction of sp³-hybridized carbons (Fsp3) is 0.435. The van der Waals surface area contributed by atoms with Crippen LogP contribution in [0.2, 0.25) is 0 Å². The summed E-state index contributed by atoms with van der Waals surface area (Å²) < 4.78 is 0. The minimum Gasteiger partial charge on any atom is -0.368 e. The number of hydrogen-bond donors (Lipinski definition) is 1. The van der Waals surface area contributed by atoms with Crippen molar-refractivity contribution in [3.8, 4) is 0 Å². The average molecular weight is 366 g/mol. The normalized spacial score (nSPS) is 14.5. The van der Waals surface area contributed by atoms with Crippen LogP contribution in [0.25, 0.3) is 0 Å². The molecule has 0 unspecified atom stereocenters. The van der Waals surface area contributed by atoms with E-state index < -0.39 is 0 Å². The zero-order valence-corrected chi connectivity index (χ0v) is 16.7. The number of nitrogens with zero attached hydrogens (tertiary/aromatic N) is 2. The van der Waals surface area contributed by atoms with Crippen molar-refractivity contribution in [1.82, 2.24) is 10.2 Å². The zero-order chi connectivity index (χ0) is 19.2. The van der Waals surface area contributed by atoms with Crippen LogP contribution in [0.5, 0.6) is 0 Å². The van der Waals surface area contributed by atoms with Gasteiger partial charge >= 0.3 is 6.03 Å². The molecule has 0 bridgehead atoms. The Morgan fingerprint density at radius 1 is 1.00 bits per heavy atom. The van der Waals surface area contributed by atoms with Crippen LogP contribution in [0.3, 0.4) is 0 Å². The highest BCUT2D eigenvalue weighted by atomic mass is 16.2. The van der Waals surface area contributed by atoms with Crippen LogP contribution in [-0.4, -0.2) is 43.7 Å². The van der Waals surface area contributed by atoms with Crippen molar-refractivity contribution in [2.45, 2.75) is 33.1 Å². The predicted molar refractivity (Wildman–Crippen MR) is 113 cm³/mol. The Hall–Kier alpha value is -2.49. The lowest BCUT2D eigenvalue weighted by molar-refractivity contribution is 0.194. The quantitative estimate of drug-likeness (QED) is 0.862. The van der Waals surface area contributed by atoms with E-state index in [1.54, 1.807) is 0 Å². The molecular formula is C23H31N3O. The van der Waals surface area contributed by atoms with E-state index in [2.05, 4.69) is 61.3 Å². The van der Waals surface area contributed by atoms with Gasteiger partial charge in [0.1, 0.15) is 0 Å². The summed E-state index contributed by atoms with van der Waals surface area (Å²) in [4.78, 5) is 16.9. The van der Waals surface area contributed by atoms with E-state index in [-0.39, 0.29) is 6.03 Å². The van der Waals surface area contributed by atoms with Gasteiger partial charge in [0.15, 0.2) is 0 Å². The Morgan fingerprint density at radius 2 is 1.70 bits per heavy atom. The Kier molecular flexibility index (Phi) is 6.38. The van der Waals surface area contributed by atoms with Gasteiger partial charge in [-0.05, 0) is 36.0 Å². The number of nitrogens with one attached hydrogen (secondary N) is 1. The molecule has 4 nitrogen and oxygen atoms in total. The summed E-state index contributed by atoms with van der Waals surface area (Å²) in [5.74, 6) is 0.499. The van der Waals surface area contributed by atoms with Gasteiger partial charge < -0.3 is 15.1 Å². The Balaban J connectivity index is 1.52. The lowest BCUT2D eigenvalue weighted by Crippen LogP contribution is -2.52. The number of amides is 2. The second-order valence-electron chi connectivity index (χ2n) is 7.61. The lowest BCUT2D eigenvalue weighted by Gasteiger charge is -2.38. The molecule has 144 valence electrons. The molecule has 0 saturated carbocycles. The highest BCUT2D eigenvalue weighted by molar-refractivity contribution is 5.74. The summed E-state index contributed by atoms with van der Waals surface area (Å²) in [6.45, 7) is 10.7. The molecule has 2 amide bonds. The largest absolute Gasteiger partial charge is 0.368 e. The van der Waals surface area contributed by atoms with Crippen LogP contribution in [0, 0.1) is 6.92 Å². The molecule has 1 fully saturated rings. The summed E-state index contributed by atoms with van der Waals surface area (Å²) in [5.41, 5.74) is 5.33. The fourth-order valence-corrected chi connectivity index (χ4v) is 3.78. The molecule has 1 saturated heterocycles. The van der Waals surface area contributed by atoms with E-state index in [0.29, 0.717) is 12.5 Å². The third-order valence-electron chi connectivity index (χ3n) is 5.31. The number of piperazine rings is 1. The smallest absolute Gasteiger partial charge is 0.317 e. The highest BCUT2D eigenvalue weighted by Gasteiger charge is 2.23.